The number of rotatable bonds is 10. The first-order valence-corrected chi connectivity index (χ1v) is 14.6. The van der Waals surface area contributed by atoms with E-state index >= 15 is 0 Å². The molecule has 0 radical (unpaired) electrons. The lowest BCUT2D eigenvalue weighted by Gasteiger charge is -2.23. The third-order valence-corrected chi connectivity index (χ3v) is 8.51. The highest BCUT2D eigenvalue weighted by atomic mass is 32.2. The molecule has 1 heterocycles. The summed E-state index contributed by atoms with van der Waals surface area (Å²) in [6.45, 7) is 2.86. The van der Waals surface area contributed by atoms with Gasteiger partial charge >= 0.3 is 0 Å². The molecule has 1 fully saturated rings. The number of carbonyl (C=O) groups is 2. The second-order valence-corrected chi connectivity index (χ2v) is 11.6. The van der Waals surface area contributed by atoms with Gasteiger partial charge in [-0.2, -0.15) is 0 Å². The summed E-state index contributed by atoms with van der Waals surface area (Å²) in [7, 11) is -4.13. The Balaban J connectivity index is 1.40. The van der Waals surface area contributed by atoms with Gasteiger partial charge in [0.05, 0.1) is 16.5 Å². The van der Waals surface area contributed by atoms with E-state index in [1.807, 2.05) is 24.3 Å². The molecule has 8 nitrogen and oxygen atoms in total. The van der Waals surface area contributed by atoms with Gasteiger partial charge in [0.25, 0.3) is 15.9 Å². The van der Waals surface area contributed by atoms with Crippen molar-refractivity contribution in [2.45, 2.75) is 43.5 Å². The summed E-state index contributed by atoms with van der Waals surface area (Å²) >= 11 is 0. The topological polar surface area (TPSA) is 122 Å². The van der Waals surface area contributed by atoms with Crippen molar-refractivity contribution in [3.63, 3.8) is 0 Å². The first-order chi connectivity index (χ1) is 18.8. The minimum atomic E-state index is -4.13. The maximum absolute atomic E-state index is 13.2. The van der Waals surface area contributed by atoms with Gasteiger partial charge in [-0.05, 0) is 54.5 Å². The molecule has 1 atom stereocenters. The minimum Gasteiger partial charge on any atom is -0.366 e. The third kappa shape index (κ3) is 5.74. The summed E-state index contributed by atoms with van der Waals surface area (Å²) in [5, 5.41) is 2.06. The first kappa shape index (κ1) is 26.6. The van der Waals surface area contributed by atoms with Crippen LogP contribution in [0.2, 0.25) is 0 Å². The van der Waals surface area contributed by atoms with Gasteiger partial charge in [-0.1, -0.05) is 67.6 Å². The minimum absolute atomic E-state index is 0.0159. The number of nitrogens with zero attached hydrogens (tertiary/aromatic N) is 1. The molecule has 1 unspecified atom stereocenters. The first-order valence-electron chi connectivity index (χ1n) is 13.2. The standard InChI is InChI=1S/C30H32N4O4S/c1-2-18-34-25(27(29(31)35)28(32-34)22-16-17-22)19-20-12-14-21(15-13-20)24-10-6-7-11-26(24)39(37,38)33-30(36)23-8-4-3-5-9-23/h3-15,22,28,32H,2,16-19H2,1H3,(H2,31,35)(H,33,36). The highest BCUT2D eigenvalue weighted by molar-refractivity contribution is 7.90. The van der Waals surface area contributed by atoms with Crippen molar-refractivity contribution in [3.05, 3.63) is 101 Å². The van der Waals surface area contributed by atoms with Crippen LogP contribution in [0.4, 0.5) is 0 Å². The SMILES string of the molecule is CCCN1NC(C2CC2)C(C(N)=O)=C1Cc1ccc(-c2ccccc2S(=O)(=O)NC(=O)c2ccccc2)cc1. The van der Waals surface area contributed by atoms with E-state index in [-0.39, 0.29) is 22.4 Å². The Morgan fingerprint density at radius 2 is 1.64 bits per heavy atom. The Labute approximate surface area is 228 Å². The summed E-state index contributed by atoms with van der Waals surface area (Å²) in [5.74, 6) is -0.639. The largest absolute Gasteiger partial charge is 0.366 e. The molecule has 39 heavy (non-hydrogen) atoms. The predicted molar refractivity (Wildman–Crippen MR) is 150 cm³/mol. The number of nitrogens with one attached hydrogen (secondary N) is 2. The number of hydrazine groups is 1. The fourth-order valence-corrected chi connectivity index (χ4v) is 6.28. The zero-order valence-electron chi connectivity index (χ0n) is 21.8. The Kier molecular flexibility index (Phi) is 7.54. The predicted octanol–water partition coefficient (Wildman–Crippen LogP) is 3.76. The van der Waals surface area contributed by atoms with Crippen LogP contribution in [0.3, 0.4) is 0 Å². The van der Waals surface area contributed by atoms with Crippen molar-refractivity contribution in [2.75, 3.05) is 6.54 Å². The molecule has 3 aromatic carbocycles. The Morgan fingerprint density at radius 1 is 0.974 bits per heavy atom. The Bertz CT molecular complexity index is 1510. The fraction of sp³-hybridized carbons (Fsp3) is 0.267. The Morgan fingerprint density at radius 3 is 2.28 bits per heavy atom. The quantitative estimate of drug-likeness (QED) is 0.357. The van der Waals surface area contributed by atoms with Crippen LogP contribution in [0.5, 0.6) is 0 Å². The molecule has 4 N–H and O–H groups in total. The molecule has 1 aliphatic carbocycles. The molecule has 202 valence electrons. The number of primary amides is 1. The van der Waals surface area contributed by atoms with Gasteiger partial charge < -0.3 is 10.7 Å². The van der Waals surface area contributed by atoms with Crippen LogP contribution in [0.15, 0.2) is 95.0 Å². The van der Waals surface area contributed by atoms with Crippen LogP contribution in [0.25, 0.3) is 11.1 Å². The van der Waals surface area contributed by atoms with E-state index in [1.54, 1.807) is 48.5 Å². The van der Waals surface area contributed by atoms with Crippen molar-refractivity contribution in [2.24, 2.45) is 11.7 Å². The van der Waals surface area contributed by atoms with Gasteiger partial charge in [0, 0.05) is 29.8 Å². The fourth-order valence-electron chi connectivity index (χ4n) is 5.08. The van der Waals surface area contributed by atoms with E-state index in [4.69, 9.17) is 5.73 Å². The molecule has 0 bridgehead atoms. The molecule has 2 aliphatic rings. The molecular formula is C30H32N4O4S. The van der Waals surface area contributed by atoms with Crippen molar-refractivity contribution < 1.29 is 18.0 Å². The van der Waals surface area contributed by atoms with Gasteiger partial charge in [-0.3, -0.25) is 9.59 Å². The van der Waals surface area contributed by atoms with E-state index in [0.717, 1.165) is 37.1 Å². The van der Waals surface area contributed by atoms with Crippen LogP contribution in [0.1, 0.15) is 42.1 Å². The zero-order valence-corrected chi connectivity index (χ0v) is 22.6. The number of carbonyl (C=O) groups excluding carboxylic acids is 2. The van der Waals surface area contributed by atoms with Crippen LogP contribution in [-0.4, -0.2) is 37.8 Å². The van der Waals surface area contributed by atoms with Gasteiger partial charge in [-0.15, -0.1) is 0 Å². The van der Waals surface area contributed by atoms with Gasteiger partial charge in [-0.25, -0.2) is 18.6 Å². The summed E-state index contributed by atoms with van der Waals surface area (Å²) in [4.78, 5) is 25.0. The Hall–Kier alpha value is -3.95. The number of hydrogen-bond donors (Lipinski definition) is 3. The molecule has 1 saturated carbocycles. The van der Waals surface area contributed by atoms with Crippen molar-refractivity contribution >= 4 is 21.8 Å². The number of hydrogen-bond acceptors (Lipinski definition) is 6. The molecule has 0 spiro atoms. The maximum atomic E-state index is 13.2. The van der Waals surface area contributed by atoms with E-state index in [0.29, 0.717) is 29.0 Å². The highest BCUT2D eigenvalue weighted by Gasteiger charge is 2.42. The van der Waals surface area contributed by atoms with Gasteiger partial charge in [0.1, 0.15) is 0 Å². The van der Waals surface area contributed by atoms with Crippen LogP contribution < -0.4 is 15.9 Å². The summed E-state index contributed by atoms with van der Waals surface area (Å²) < 4.78 is 28.6. The molecule has 3 aromatic rings. The molecule has 0 aromatic heterocycles. The molecule has 5 rings (SSSR count). The van der Waals surface area contributed by atoms with Crippen molar-refractivity contribution in [1.82, 2.24) is 15.2 Å². The average Bonchev–Trinajstić information content (AvgIpc) is 3.72. The molecular weight excluding hydrogens is 512 g/mol. The van der Waals surface area contributed by atoms with Gasteiger partial charge in [0.2, 0.25) is 5.91 Å². The van der Waals surface area contributed by atoms with Crippen LogP contribution in [-0.2, 0) is 21.2 Å². The second-order valence-electron chi connectivity index (χ2n) is 9.99. The molecule has 9 heteroatoms. The van der Waals surface area contributed by atoms with E-state index in [9.17, 15) is 18.0 Å². The summed E-state index contributed by atoms with van der Waals surface area (Å²) in [6, 6.07) is 22.4. The normalized spacial score (nSPS) is 17.4. The zero-order chi connectivity index (χ0) is 27.6. The number of nitrogens with two attached hydrogens (primary N) is 1. The number of allylic oxidation sites excluding steroid dienone is 1. The monoisotopic (exact) mass is 544 g/mol. The number of benzene rings is 3. The van der Waals surface area contributed by atoms with Crippen LogP contribution >= 0.6 is 0 Å². The average molecular weight is 545 g/mol. The highest BCUT2D eigenvalue weighted by Crippen LogP contribution is 2.40. The lowest BCUT2D eigenvalue weighted by Crippen LogP contribution is -2.40. The maximum Gasteiger partial charge on any atom is 0.264 e. The van der Waals surface area contributed by atoms with Crippen molar-refractivity contribution in [3.8, 4) is 11.1 Å². The van der Waals surface area contributed by atoms with Crippen LogP contribution in [0, 0.1) is 5.92 Å². The lowest BCUT2D eigenvalue weighted by atomic mass is 9.97. The van der Waals surface area contributed by atoms with Crippen molar-refractivity contribution in [1.29, 1.82) is 0 Å². The molecule has 2 amide bonds. The number of amides is 2. The third-order valence-electron chi connectivity index (χ3n) is 7.12. The smallest absolute Gasteiger partial charge is 0.264 e. The molecule has 0 saturated heterocycles. The lowest BCUT2D eigenvalue weighted by molar-refractivity contribution is -0.114. The second kappa shape index (κ2) is 11.0. The number of sulfonamides is 1. The van der Waals surface area contributed by atoms with E-state index in [2.05, 4.69) is 22.1 Å². The van der Waals surface area contributed by atoms with Gasteiger partial charge in [0.15, 0.2) is 0 Å². The summed E-state index contributed by atoms with van der Waals surface area (Å²) in [6.07, 6.45) is 3.63. The molecule has 1 aliphatic heterocycles. The van der Waals surface area contributed by atoms with E-state index < -0.39 is 15.9 Å². The summed E-state index contributed by atoms with van der Waals surface area (Å²) in [5.41, 5.74) is 13.3. The van der Waals surface area contributed by atoms with E-state index in [1.165, 1.54) is 6.07 Å².